The largest absolute Gasteiger partial charge is 0.494 e. The van der Waals surface area contributed by atoms with E-state index in [4.69, 9.17) is 14.2 Å². The predicted octanol–water partition coefficient (Wildman–Crippen LogP) is 4.21. The number of amides is 2. The van der Waals surface area contributed by atoms with Crippen molar-refractivity contribution in [1.82, 2.24) is 4.90 Å². The van der Waals surface area contributed by atoms with Crippen molar-refractivity contribution in [2.45, 2.75) is 52.9 Å². The van der Waals surface area contributed by atoms with E-state index < -0.39 is 17.8 Å². The molecule has 0 aliphatic carbocycles. The molecule has 0 aromatic heterocycles. The second-order valence-electron chi connectivity index (χ2n) is 8.22. The summed E-state index contributed by atoms with van der Waals surface area (Å²) >= 11 is 0. The van der Waals surface area contributed by atoms with E-state index in [1.807, 2.05) is 30.3 Å². The van der Waals surface area contributed by atoms with Crippen LogP contribution >= 0.6 is 0 Å². The Balaban J connectivity index is 2.03. The summed E-state index contributed by atoms with van der Waals surface area (Å²) in [6, 6.07) is 9.28. The number of nitriles is 1. The first kappa shape index (κ1) is 27.8. The molecule has 35 heavy (non-hydrogen) atoms. The van der Waals surface area contributed by atoms with Gasteiger partial charge >= 0.3 is 5.97 Å². The molecule has 1 aromatic carbocycles. The summed E-state index contributed by atoms with van der Waals surface area (Å²) in [5, 5.41) is 9.51. The molecule has 2 amide bonds. The number of rotatable bonds is 14. The molecular weight excluding hydrogens is 448 g/mol. The van der Waals surface area contributed by atoms with Crippen LogP contribution in [0.2, 0.25) is 0 Å². The van der Waals surface area contributed by atoms with E-state index >= 15 is 0 Å². The Kier molecular flexibility index (Phi) is 11.7. The lowest BCUT2D eigenvalue weighted by Gasteiger charge is -2.27. The SMILES string of the molecule is CCCCCCCOc1ccc(/C=C2/C(=O)N(CCOCCOC(C)=O)C(=O)C(C#N)=C2C)cc1. The van der Waals surface area contributed by atoms with E-state index in [0.717, 1.165) is 29.1 Å². The van der Waals surface area contributed by atoms with Crippen LogP contribution in [0.25, 0.3) is 6.08 Å². The number of carbonyl (C=O) groups is 3. The first-order chi connectivity index (χ1) is 16.9. The summed E-state index contributed by atoms with van der Waals surface area (Å²) in [6.45, 7) is 6.03. The van der Waals surface area contributed by atoms with Gasteiger partial charge in [0.2, 0.25) is 0 Å². The summed E-state index contributed by atoms with van der Waals surface area (Å²) in [5.74, 6) is -0.780. The number of hydrogen-bond acceptors (Lipinski definition) is 7. The molecule has 0 N–H and O–H groups in total. The third-order valence-corrected chi connectivity index (χ3v) is 5.53. The molecule has 0 saturated heterocycles. The normalized spacial score (nSPS) is 14.9. The minimum atomic E-state index is -0.640. The third-order valence-electron chi connectivity index (χ3n) is 5.53. The highest BCUT2D eigenvalue weighted by molar-refractivity contribution is 6.19. The van der Waals surface area contributed by atoms with Crippen molar-refractivity contribution in [3.05, 3.63) is 46.5 Å². The molecule has 0 atom stereocenters. The topological polar surface area (TPSA) is 106 Å². The minimum absolute atomic E-state index is 0.0153. The van der Waals surface area contributed by atoms with Gasteiger partial charge in [-0.3, -0.25) is 19.3 Å². The van der Waals surface area contributed by atoms with Gasteiger partial charge in [0, 0.05) is 12.5 Å². The second kappa shape index (κ2) is 14.7. The number of benzene rings is 1. The Morgan fingerprint density at radius 1 is 1.00 bits per heavy atom. The zero-order chi connectivity index (χ0) is 25.6. The van der Waals surface area contributed by atoms with Crippen LogP contribution in [0.1, 0.15) is 58.4 Å². The Bertz CT molecular complexity index is 988. The number of unbranched alkanes of at least 4 members (excludes halogenated alkanes) is 4. The second-order valence-corrected chi connectivity index (χ2v) is 8.22. The van der Waals surface area contributed by atoms with Gasteiger partial charge < -0.3 is 14.2 Å². The summed E-state index contributed by atoms with van der Waals surface area (Å²) < 4.78 is 15.9. The lowest BCUT2D eigenvalue weighted by atomic mass is 9.93. The van der Waals surface area contributed by atoms with E-state index in [9.17, 15) is 19.6 Å². The molecule has 1 aromatic rings. The van der Waals surface area contributed by atoms with Crippen LogP contribution in [0.5, 0.6) is 5.75 Å². The predicted molar refractivity (Wildman–Crippen MR) is 131 cm³/mol. The van der Waals surface area contributed by atoms with Crippen molar-refractivity contribution in [2.75, 3.05) is 33.0 Å². The highest BCUT2D eigenvalue weighted by Crippen LogP contribution is 2.27. The Morgan fingerprint density at radius 2 is 1.71 bits per heavy atom. The van der Waals surface area contributed by atoms with E-state index in [1.54, 1.807) is 13.0 Å². The standard InChI is InChI=1S/C27H34N2O6/c1-4-5-6-7-8-14-35-23-11-9-22(10-12-23)18-24-20(2)25(19-28)27(32)29(26(24)31)13-15-33-16-17-34-21(3)30/h9-12,18H,4-8,13-17H2,1-3H3/b24-18+. The van der Waals surface area contributed by atoms with Crippen LogP contribution in [0.4, 0.5) is 0 Å². The fourth-order valence-electron chi connectivity index (χ4n) is 3.56. The highest BCUT2D eigenvalue weighted by atomic mass is 16.6. The van der Waals surface area contributed by atoms with Gasteiger partial charge in [-0.15, -0.1) is 0 Å². The Labute approximate surface area is 207 Å². The first-order valence-electron chi connectivity index (χ1n) is 12.0. The van der Waals surface area contributed by atoms with Crippen molar-refractivity contribution in [3.63, 3.8) is 0 Å². The lowest BCUT2D eigenvalue weighted by molar-refractivity contribution is -0.142. The van der Waals surface area contributed by atoms with Gasteiger partial charge in [-0.1, -0.05) is 44.7 Å². The number of ether oxygens (including phenoxy) is 3. The maximum Gasteiger partial charge on any atom is 0.302 e. The molecule has 2 rings (SSSR count). The molecule has 8 heteroatoms. The highest BCUT2D eigenvalue weighted by Gasteiger charge is 2.35. The molecule has 188 valence electrons. The van der Waals surface area contributed by atoms with Crippen molar-refractivity contribution >= 4 is 23.9 Å². The summed E-state index contributed by atoms with van der Waals surface area (Å²) in [4.78, 5) is 37.5. The first-order valence-corrected chi connectivity index (χ1v) is 12.0. The minimum Gasteiger partial charge on any atom is -0.494 e. The quantitative estimate of drug-likeness (QED) is 0.169. The number of hydrogen-bond donors (Lipinski definition) is 0. The van der Waals surface area contributed by atoms with Crippen LogP contribution < -0.4 is 4.74 Å². The van der Waals surface area contributed by atoms with E-state index in [2.05, 4.69) is 6.92 Å². The Hall–Kier alpha value is -3.44. The number of nitrogens with zero attached hydrogens (tertiary/aromatic N) is 2. The molecule has 0 bridgehead atoms. The molecule has 8 nitrogen and oxygen atoms in total. The number of carbonyl (C=O) groups excluding carboxylic acids is 3. The lowest BCUT2D eigenvalue weighted by Crippen LogP contribution is -2.44. The number of esters is 1. The van der Waals surface area contributed by atoms with E-state index in [-0.39, 0.29) is 37.5 Å². The van der Waals surface area contributed by atoms with Gasteiger partial charge in [-0.2, -0.15) is 5.26 Å². The van der Waals surface area contributed by atoms with Crippen LogP contribution in [0.15, 0.2) is 41.0 Å². The fourth-order valence-corrected chi connectivity index (χ4v) is 3.56. The molecule has 0 unspecified atom stereocenters. The average molecular weight is 483 g/mol. The van der Waals surface area contributed by atoms with Crippen molar-refractivity contribution in [3.8, 4) is 11.8 Å². The molecule has 0 saturated carbocycles. The van der Waals surface area contributed by atoms with Gasteiger partial charge in [0.15, 0.2) is 0 Å². The average Bonchev–Trinajstić information content (AvgIpc) is 2.84. The van der Waals surface area contributed by atoms with Crippen LogP contribution in [0, 0.1) is 11.3 Å². The molecule has 0 fully saturated rings. The Morgan fingerprint density at radius 3 is 2.37 bits per heavy atom. The maximum absolute atomic E-state index is 13.1. The van der Waals surface area contributed by atoms with Gasteiger partial charge in [-0.05, 0) is 42.7 Å². The van der Waals surface area contributed by atoms with Gasteiger partial charge in [0.1, 0.15) is 24.0 Å². The molecular formula is C27H34N2O6. The maximum atomic E-state index is 13.1. The molecule has 1 aliphatic rings. The molecule has 0 radical (unpaired) electrons. The molecule has 1 heterocycles. The third kappa shape index (κ3) is 8.69. The van der Waals surface area contributed by atoms with Gasteiger partial charge in [0.25, 0.3) is 11.8 Å². The van der Waals surface area contributed by atoms with Crippen molar-refractivity contribution in [1.29, 1.82) is 5.26 Å². The summed E-state index contributed by atoms with van der Waals surface area (Å²) in [5.41, 5.74) is 1.32. The molecule has 0 spiro atoms. The van der Waals surface area contributed by atoms with Crippen LogP contribution in [0.3, 0.4) is 0 Å². The monoisotopic (exact) mass is 482 g/mol. The molecule has 1 aliphatic heterocycles. The smallest absolute Gasteiger partial charge is 0.302 e. The fraction of sp³-hybridized carbons (Fsp3) is 0.481. The van der Waals surface area contributed by atoms with Gasteiger partial charge in [0.05, 0.1) is 26.4 Å². The van der Waals surface area contributed by atoms with Crippen molar-refractivity contribution in [2.24, 2.45) is 0 Å². The van der Waals surface area contributed by atoms with Crippen LogP contribution in [-0.4, -0.2) is 55.7 Å². The van der Waals surface area contributed by atoms with Crippen molar-refractivity contribution < 1.29 is 28.6 Å². The van der Waals surface area contributed by atoms with Gasteiger partial charge in [-0.25, -0.2) is 0 Å². The number of imide groups is 1. The van der Waals surface area contributed by atoms with E-state index in [0.29, 0.717) is 12.2 Å². The zero-order valence-corrected chi connectivity index (χ0v) is 20.8. The zero-order valence-electron chi connectivity index (χ0n) is 20.8. The van der Waals surface area contributed by atoms with E-state index in [1.165, 1.54) is 26.2 Å². The summed E-state index contributed by atoms with van der Waals surface area (Å²) in [6.07, 6.45) is 7.51. The summed E-state index contributed by atoms with van der Waals surface area (Å²) in [7, 11) is 0. The van der Waals surface area contributed by atoms with Crippen LogP contribution in [-0.2, 0) is 23.9 Å².